The molecule has 0 radical (unpaired) electrons. The highest BCUT2D eigenvalue weighted by molar-refractivity contribution is 5.96. The molecular weight excluding hydrogens is 412 g/mol. The van der Waals surface area contributed by atoms with Gasteiger partial charge in [0.05, 0.1) is 7.11 Å². The van der Waals surface area contributed by atoms with Crippen molar-refractivity contribution in [2.45, 2.75) is 58.5 Å². The predicted octanol–water partition coefficient (Wildman–Crippen LogP) is 4.87. The average molecular weight is 449 g/mol. The van der Waals surface area contributed by atoms with E-state index in [-0.39, 0.29) is 11.7 Å². The Morgan fingerprint density at radius 1 is 1.00 bits per heavy atom. The Bertz CT molecular complexity index is 962. The summed E-state index contributed by atoms with van der Waals surface area (Å²) in [6.45, 7) is 6.14. The first kappa shape index (κ1) is 23.5. The molecule has 176 valence electrons. The molecule has 2 aliphatic rings. The molecule has 0 bridgehead atoms. The summed E-state index contributed by atoms with van der Waals surface area (Å²) < 4.78 is 5.27. The van der Waals surface area contributed by atoms with Crippen molar-refractivity contribution in [3.63, 3.8) is 0 Å². The highest BCUT2D eigenvalue weighted by atomic mass is 16.5. The second-order valence-electron chi connectivity index (χ2n) is 9.56. The van der Waals surface area contributed by atoms with E-state index in [1.165, 1.54) is 16.7 Å². The number of Topliss-reactive ketones (excluding diaryl/α,β-unsaturated/α-hetero) is 1. The zero-order chi connectivity index (χ0) is 23.2. The summed E-state index contributed by atoms with van der Waals surface area (Å²) in [5.41, 5.74) is 4.80. The second kappa shape index (κ2) is 11.0. The summed E-state index contributed by atoms with van der Waals surface area (Å²) in [7, 11) is 1.69. The molecule has 0 aliphatic carbocycles. The molecule has 0 atom stereocenters. The van der Waals surface area contributed by atoms with Crippen LogP contribution >= 0.6 is 0 Å². The molecule has 2 aliphatic heterocycles. The minimum absolute atomic E-state index is 0.163. The second-order valence-corrected chi connectivity index (χ2v) is 9.56. The van der Waals surface area contributed by atoms with Crippen LogP contribution in [-0.4, -0.2) is 48.2 Å². The molecule has 33 heavy (non-hydrogen) atoms. The number of hydrogen-bond acceptors (Lipinski definition) is 4. The van der Waals surface area contributed by atoms with Gasteiger partial charge in [-0.2, -0.15) is 0 Å². The Balaban J connectivity index is 1.34. The fourth-order valence-corrected chi connectivity index (χ4v) is 5.14. The number of ether oxygens (including phenoxy) is 1. The molecule has 2 aromatic carbocycles. The van der Waals surface area contributed by atoms with E-state index < -0.39 is 0 Å². The Kier molecular flexibility index (Phi) is 7.81. The molecule has 0 saturated carbocycles. The Morgan fingerprint density at radius 3 is 2.45 bits per heavy atom. The topological polar surface area (TPSA) is 49.9 Å². The standard InChI is InChI=1S/C28H36N2O3/c1-21(31)30-16-13-22(14-17-30)7-12-28(32)25-9-8-24-4-3-15-29(20-26(24)18-25)19-23-5-10-27(33-2)11-6-23/h5-6,8-11,18,22H,3-4,7,12-17,19-20H2,1-2H3. The molecular formula is C28H36N2O3. The van der Waals surface area contributed by atoms with Gasteiger partial charge in [0, 0.05) is 45.1 Å². The number of carbonyl (C=O) groups excluding carboxylic acids is 2. The summed E-state index contributed by atoms with van der Waals surface area (Å²) in [5, 5.41) is 0. The molecule has 2 aromatic rings. The number of fused-ring (bicyclic) bond motifs is 1. The number of methoxy groups -OCH3 is 1. The van der Waals surface area contributed by atoms with Crippen LogP contribution in [0.2, 0.25) is 0 Å². The third-order valence-corrected chi connectivity index (χ3v) is 7.25. The average Bonchev–Trinajstić information content (AvgIpc) is 3.04. The number of ketones is 1. The van der Waals surface area contributed by atoms with Gasteiger partial charge in [0.2, 0.25) is 5.91 Å². The quantitative estimate of drug-likeness (QED) is 0.568. The largest absolute Gasteiger partial charge is 0.497 e. The highest BCUT2D eigenvalue weighted by Crippen LogP contribution is 2.25. The molecule has 0 N–H and O–H groups in total. The SMILES string of the molecule is COc1ccc(CN2CCCc3ccc(C(=O)CCC4CCN(C(C)=O)CC4)cc3C2)cc1. The van der Waals surface area contributed by atoms with E-state index >= 15 is 0 Å². The van der Waals surface area contributed by atoms with Crippen LogP contribution in [0.4, 0.5) is 0 Å². The minimum atomic E-state index is 0.163. The van der Waals surface area contributed by atoms with Gasteiger partial charge in [-0.05, 0) is 79.5 Å². The first-order valence-corrected chi connectivity index (χ1v) is 12.3. The van der Waals surface area contributed by atoms with E-state index in [0.29, 0.717) is 12.3 Å². The first-order valence-electron chi connectivity index (χ1n) is 12.3. The Labute approximate surface area is 197 Å². The lowest BCUT2D eigenvalue weighted by Gasteiger charge is -2.31. The van der Waals surface area contributed by atoms with Gasteiger partial charge in [-0.3, -0.25) is 14.5 Å². The molecule has 5 nitrogen and oxygen atoms in total. The van der Waals surface area contributed by atoms with Crippen LogP contribution in [0.1, 0.15) is 66.1 Å². The molecule has 2 heterocycles. The maximum absolute atomic E-state index is 13.0. The maximum Gasteiger partial charge on any atom is 0.219 e. The van der Waals surface area contributed by atoms with Crippen LogP contribution in [0, 0.1) is 5.92 Å². The zero-order valence-electron chi connectivity index (χ0n) is 20.0. The van der Waals surface area contributed by atoms with Crippen molar-refractivity contribution in [3.05, 3.63) is 64.7 Å². The first-order chi connectivity index (χ1) is 16.0. The minimum Gasteiger partial charge on any atom is -0.497 e. The number of aryl methyl sites for hydroxylation is 1. The summed E-state index contributed by atoms with van der Waals surface area (Å²) in [4.78, 5) is 28.9. The van der Waals surface area contributed by atoms with Gasteiger partial charge in [-0.25, -0.2) is 0 Å². The van der Waals surface area contributed by atoms with E-state index in [1.807, 2.05) is 23.1 Å². The van der Waals surface area contributed by atoms with Crippen LogP contribution in [0.5, 0.6) is 5.75 Å². The molecule has 4 rings (SSSR count). The lowest BCUT2D eigenvalue weighted by atomic mass is 9.89. The van der Waals surface area contributed by atoms with Crippen molar-refractivity contribution in [1.29, 1.82) is 0 Å². The number of rotatable bonds is 7. The number of piperidine rings is 1. The number of carbonyl (C=O) groups is 2. The maximum atomic E-state index is 13.0. The number of amides is 1. The van der Waals surface area contributed by atoms with Gasteiger partial charge < -0.3 is 9.64 Å². The van der Waals surface area contributed by atoms with Gasteiger partial charge in [0.15, 0.2) is 5.78 Å². The third-order valence-electron chi connectivity index (χ3n) is 7.25. The lowest BCUT2D eigenvalue weighted by Crippen LogP contribution is -2.37. The molecule has 1 saturated heterocycles. The van der Waals surface area contributed by atoms with Crippen molar-refractivity contribution in [2.24, 2.45) is 5.92 Å². The number of hydrogen-bond donors (Lipinski definition) is 0. The normalized spacial score (nSPS) is 17.3. The Morgan fingerprint density at radius 2 is 1.76 bits per heavy atom. The van der Waals surface area contributed by atoms with Crippen molar-refractivity contribution in [3.8, 4) is 5.75 Å². The molecule has 0 unspecified atom stereocenters. The van der Waals surface area contributed by atoms with Crippen LogP contribution in [0.15, 0.2) is 42.5 Å². The van der Waals surface area contributed by atoms with Crippen LogP contribution in [-0.2, 0) is 24.3 Å². The monoisotopic (exact) mass is 448 g/mol. The predicted molar refractivity (Wildman–Crippen MR) is 130 cm³/mol. The van der Waals surface area contributed by atoms with Crippen molar-refractivity contribution >= 4 is 11.7 Å². The fourth-order valence-electron chi connectivity index (χ4n) is 5.14. The third kappa shape index (κ3) is 6.23. The van der Waals surface area contributed by atoms with Gasteiger partial charge >= 0.3 is 0 Å². The van der Waals surface area contributed by atoms with Crippen molar-refractivity contribution < 1.29 is 14.3 Å². The summed E-state index contributed by atoms with van der Waals surface area (Å²) in [5.74, 6) is 1.84. The van der Waals surface area contributed by atoms with Gasteiger partial charge in [0.1, 0.15) is 5.75 Å². The van der Waals surface area contributed by atoms with Crippen LogP contribution in [0.25, 0.3) is 0 Å². The smallest absolute Gasteiger partial charge is 0.219 e. The Hall–Kier alpha value is -2.66. The van der Waals surface area contributed by atoms with E-state index in [9.17, 15) is 9.59 Å². The van der Waals surface area contributed by atoms with E-state index in [0.717, 1.165) is 76.1 Å². The van der Waals surface area contributed by atoms with E-state index in [2.05, 4.69) is 29.2 Å². The van der Waals surface area contributed by atoms with Crippen LogP contribution < -0.4 is 4.74 Å². The summed E-state index contributed by atoms with van der Waals surface area (Å²) in [6.07, 6.45) is 5.74. The summed E-state index contributed by atoms with van der Waals surface area (Å²) in [6, 6.07) is 14.6. The van der Waals surface area contributed by atoms with E-state index in [1.54, 1.807) is 14.0 Å². The lowest BCUT2D eigenvalue weighted by molar-refractivity contribution is -0.130. The van der Waals surface area contributed by atoms with Crippen molar-refractivity contribution in [1.82, 2.24) is 9.80 Å². The number of likely N-dealkylation sites (tertiary alicyclic amines) is 1. The number of nitrogens with zero attached hydrogens (tertiary/aromatic N) is 2. The fraction of sp³-hybridized carbons (Fsp3) is 0.500. The summed E-state index contributed by atoms with van der Waals surface area (Å²) >= 11 is 0. The van der Waals surface area contributed by atoms with Gasteiger partial charge in [-0.15, -0.1) is 0 Å². The highest BCUT2D eigenvalue weighted by Gasteiger charge is 2.22. The molecule has 0 aromatic heterocycles. The van der Waals surface area contributed by atoms with Gasteiger partial charge in [0.25, 0.3) is 0 Å². The molecule has 1 amide bonds. The molecule has 5 heteroatoms. The zero-order valence-corrected chi connectivity index (χ0v) is 20.0. The van der Waals surface area contributed by atoms with Crippen molar-refractivity contribution in [2.75, 3.05) is 26.7 Å². The van der Waals surface area contributed by atoms with Crippen LogP contribution in [0.3, 0.4) is 0 Å². The number of benzene rings is 2. The van der Waals surface area contributed by atoms with E-state index in [4.69, 9.17) is 4.74 Å². The van der Waals surface area contributed by atoms with Gasteiger partial charge in [-0.1, -0.05) is 24.3 Å². The molecule has 1 fully saturated rings. The molecule has 0 spiro atoms.